The van der Waals surface area contributed by atoms with Crippen molar-refractivity contribution in [3.8, 4) is 0 Å². The Morgan fingerprint density at radius 3 is 2.65 bits per heavy atom. The van der Waals surface area contributed by atoms with Crippen molar-refractivity contribution < 1.29 is 0 Å². The molecule has 1 aromatic carbocycles. The third-order valence-corrected chi connectivity index (χ3v) is 2.72. The summed E-state index contributed by atoms with van der Waals surface area (Å²) >= 11 is 0. The van der Waals surface area contributed by atoms with Gasteiger partial charge in [-0.1, -0.05) is 12.1 Å². The van der Waals surface area contributed by atoms with Gasteiger partial charge in [0.15, 0.2) is 0 Å². The Bertz CT molecular complexity index is 606. The molecule has 3 N–H and O–H groups in total. The molecule has 0 saturated heterocycles. The molecule has 17 heavy (non-hydrogen) atoms. The predicted octanol–water partition coefficient (Wildman–Crippen LogP) is 2.12. The second-order valence-electron chi connectivity index (χ2n) is 5.38. The van der Waals surface area contributed by atoms with Gasteiger partial charge < -0.3 is 10.7 Å². The molecule has 3 nitrogen and oxygen atoms in total. The van der Waals surface area contributed by atoms with Gasteiger partial charge in [-0.05, 0) is 50.3 Å². The zero-order valence-electron chi connectivity index (χ0n) is 10.5. The van der Waals surface area contributed by atoms with Crippen LogP contribution in [0.15, 0.2) is 29.1 Å². The molecular formula is C14H18N2O. The second kappa shape index (κ2) is 4.00. The average Bonchev–Trinajstić information content (AvgIpc) is 2.17. The number of rotatable bonds is 2. The second-order valence-corrected chi connectivity index (χ2v) is 5.38. The van der Waals surface area contributed by atoms with E-state index in [0.29, 0.717) is 6.42 Å². The lowest BCUT2D eigenvalue weighted by molar-refractivity contribution is 0.514. The summed E-state index contributed by atoms with van der Waals surface area (Å²) in [5.74, 6) is 0. The molecule has 0 saturated carbocycles. The minimum Gasteiger partial charge on any atom is -0.325 e. The largest absolute Gasteiger partial charge is 0.325 e. The lowest BCUT2D eigenvalue weighted by atomic mass is 9.96. The maximum Gasteiger partial charge on any atom is 0.251 e. The van der Waals surface area contributed by atoms with Crippen molar-refractivity contribution in [2.24, 2.45) is 5.73 Å². The first-order valence-corrected chi connectivity index (χ1v) is 5.77. The number of hydrogen-bond acceptors (Lipinski definition) is 2. The van der Waals surface area contributed by atoms with Gasteiger partial charge in [0.2, 0.25) is 0 Å². The molecule has 0 aliphatic carbocycles. The topological polar surface area (TPSA) is 58.9 Å². The number of fused-ring (bicyclic) bond motifs is 1. The minimum atomic E-state index is -0.370. The van der Waals surface area contributed by atoms with Crippen LogP contribution in [0.5, 0.6) is 0 Å². The molecule has 0 bridgehead atoms. The number of aryl methyl sites for hydroxylation is 1. The molecule has 1 heterocycles. The van der Waals surface area contributed by atoms with E-state index in [1.165, 1.54) is 0 Å². The highest BCUT2D eigenvalue weighted by molar-refractivity contribution is 5.79. The number of aromatic amines is 1. The van der Waals surface area contributed by atoms with E-state index >= 15 is 0 Å². The summed E-state index contributed by atoms with van der Waals surface area (Å²) < 4.78 is 0. The van der Waals surface area contributed by atoms with E-state index in [-0.39, 0.29) is 11.1 Å². The van der Waals surface area contributed by atoms with Crippen molar-refractivity contribution in [1.29, 1.82) is 0 Å². The van der Waals surface area contributed by atoms with E-state index in [9.17, 15) is 4.79 Å². The number of H-pyrrole nitrogens is 1. The van der Waals surface area contributed by atoms with Gasteiger partial charge in [0.1, 0.15) is 0 Å². The lowest BCUT2D eigenvalue weighted by Gasteiger charge is -2.17. The number of hydrogen-bond donors (Lipinski definition) is 2. The molecule has 0 aliphatic rings. The number of aromatic nitrogens is 1. The molecule has 90 valence electrons. The maximum absolute atomic E-state index is 11.9. The van der Waals surface area contributed by atoms with Crippen LogP contribution in [0.25, 0.3) is 10.9 Å². The fourth-order valence-corrected chi connectivity index (χ4v) is 1.98. The number of nitrogens with one attached hydrogen (secondary N) is 1. The molecular weight excluding hydrogens is 212 g/mol. The minimum absolute atomic E-state index is 0.0402. The third kappa shape index (κ3) is 2.74. The molecule has 0 spiro atoms. The SMILES string of the molecule is Cc1ccc2cc(CC(C)(C)N)c(=O)[nH]c2c1. The van der Waals surface area contributed by atoms with Gasteiger partial charge in [0.25, 0.3) is 5.56 Å². The predicted molar refractivity (Wildman–Crippen MR) is 71.3 cm³/mol. The van der Waals surface area contributed by atoms with Crippen molar-refractivity contribution in [3.05, 3.63) is 45.7 Å². The van der Waals surface area contributed by atoms with Gasteiger partial charge in [-0.2, -0.15) is 0 Å². The Morgan fingerprint density at radius 1 is 1.29 bits per heavy atom. The third-order valence-electron chi connectivity index (χ3n) is 2.72. The molecule has 0 aliphatic heterocycles. The summed E-state index contributed by atoms with van der Waals surface area (Å²) in [6.07, 6.45) is 0.576. The first-order chi connectivity index (χ1) is 7.85. The van der Waals surface area contributed by atoms with Crippen LogP contribution < -0.4 is 11.3 Å². The van der Waals surface area contributed by atoms with E-state index in [4.69, 9.17) is 5.73 Å². The number of benzene rings is 1. The van der Waals surface area contributed by atoms with Crippen LogP contribution in [-0.2, 0) is 6.42 Å². The molecule has 0 amide bonds. The fraction of sp³-hybridized carbons (Fsp3) is 0.357. The van der Waals surface area contributed by atoms with Gasteiger partial charge in [0.05, 0.1) is 0 Å². The van der Waals surface area contributed by atoms with Gasteiger partial charge in [-0.15, -0.1) is 0 Å². The highest BCUT2D eigenvalue weighted by atomic mass is 16.1. The molecule has 2 rings (SSSR count). The van der Waals surface area contributed by atoms with Gasteiger partial charge in [-0.3, -0.25) is 4.79 Å². The highest BCUT2D eigenvalue weighted by Gasteiger charge is 2.14. The number of nitrogens with two attached hydrogens (primary N) is 1. The Balaban J connectivity index is 2.56. The van der Waals surface area contributed by atoms with Crippen molar-refractivity contribution >= 4 is 10.9 Å². The Hall–Kier alpha value is -1.61. The Morgan fingerprint density at radius 2 is 2.00 bits per heavy atom. The van der Waals surface area contributed by atoms with E-state index < -0.39 is 0 Å². The molecule has 0 fully saturated rings. The Labute approximate surface area is 101 Å². The van der Waals surface area contributed by atoms with Gasteiger partial charge >= 0.3 is 0 Å². The first kappa shape index (κ1) is 11.9. The van der Waals surface area contributed by atoms with Crippen LogP contribution in [0.2, 0.25) is 0 Å². The Kier molecular flexibility index (Phi) is 2.79. The molecule has 1 aromatic heterocycles. The molecule has 0 unspecified atom stereocenters. The average molecular weight is 230 g/mol. The van der Waals surface area contributed by atoms with E-state index in [2.05, 4.69) is 4.98 Å². The summed E-state index contributed by atoms with van der Waals surface area (Å²) in [6.45, 7) is 5.85. The molecule has 0 radical (unpaired) electrons. The van der Waals surface area contributed by atoms with Crippen molar-refractivity contribution in [3.63, 3.8) is 0 Å². The smallest absolute Gasteiger partial charge is 0.251 e. The normalized spacial score (nSPS) is 12.0. The standard InChI is InChI=1S/C14H18N2O/c1-9-4-5-10-7-11(8-14(2,3)15)13(17)16-12(10)6-9/h4-7H,8,15H2,1-3H3,(H,16,17). The zero-order valence-corrected chi connectivity index (χ0v) is 10.5. The molecule has 2 aromatic rings. The van der Waals surface area contributed by atoms with Crippen LogP contribution in [-0.4, -0.2) is 10.5 Å². The summed E-state index contributed by atoms with van der Waals surface area (Å²) in [5.41, 5.74) is 8.31. The van der Waals surface area contributed by atoms with Gasteiger partial charge in [0, 0.05) is 16.6 Å². The summed E-state index contributed by atoms with van der Waals surface area (Å²) in [6, 6.07) is 7.97. The van der Waals surface area contributed by atoms with Crippen molar-refractivity contribution in [2.45, 2.75) is 32.7 Å². The molecule has 0 atom stereocenters. The summed E-state index contributed by atoms with van der Waals surface area (Å²) in [7, 11) is 0. The van der Waals surface area contributed by atoms with E-state index in [0.717, 1.165) is 22.0 Å². The van der Waals surface area contributed by atoms with E-state index in [1.807, 2.05) is 45.0 Å². The quantitative estimate of drug-likeness (QED) is 0.830. The number of pyridine rings is 1. The van der Waals surface area contributed by atoms with Gasteiger partial charge in [-0.25, -0.2) is 0 Å². The highest BCUT2D eigenvalue weighted by Crippen LogP contribution is 2.15. The fourth-order valence-electron chi connectivity index (χ4n) is 1.98. The zero-order chi connectivity index (χ0) is 12.6. The first-order valence-electron chi connectivity index (χ1n) is 5.77. The summed E-state index contributed by atoms with van der Waals surface area (Å²) in [4.78, 5) is 14.8. The van der Waals surface area contributed by atoms with Crippen LogP contribution >= 0.6 is 0 Å². The summed E-state index contributed by atoms with van der Waals surface area (Å²) in [5, 5.41) is 1.05. The van der Waals surface area contributed by atoms with Crippen molar-refractivity contribution in [2.75, 3.05) is 0 Å². The monoisotopic (exact) mass is 230 g/mol. The van der Waals surface area contributed by atoms with Crippen LogP contribution in [0.4, 0.5) is 0 Å². The van der Waals surface area contributed by atoms with Crippen LogP contribution in [0.3, 0.4) is 0 Å². The van der Waals surface area contributed by atoms with Crippen LogP contribution in [0, 0.1) is 6.92 Å². The maximum atomic E-state index is 11.9. The van der Waals surface area contributed by atoms with Crippen LogP contribution in [0.1, 0.15) is 25.0 Å². The molecule has 3 heteroatoms. The van der Waals surface area contributed by atoms with E-state index in [1.54, 1.807) is 0 Å². The lowest BCUT2D eigenvalue weighted by Crippen LogP contribution is -2.36. The van der Waals surface area contributed by atoms with Crippen molar-refractivity contribution in [1.82, 2.24) is 4.98 Å².